The van der Waals surface area contributed by atoms with Gasteiger partial charge in [-0.3, -0.25) is 14.9 Å². The second kappa shape index (κ2) is 14.5. The third-order valence-corrected chi connectivity index (χ3v) is 6.18. The number of alkyl carbamates (subject to hydrolysis) is 1. The van der Waals surface area contributed by atoms with Gasteiger partial charge >= 0.3 is 6.09 Å². The zero-order valence-electron chi connectivity index (χ0n) is 22.6. The Labute approximate surface area is 234 Å². The molecule has 0 unspecified atom stereocenters. The summed E-state index contributed by atoms with van der Waals surface area (Å²) in [7, 11) is 0. The van der Waals surface area contributed by atoms with E-state index in [1.54, 1.807) is 84.9 Å². The van der Waals surface area contributed by atoms with Crippen LogP contribution in [0, 0.1) is 5.41 Å². The van der Waals surface area contributed by atoms with Crippen LogP contribution in [0.1, 0.15) is 48.7 Å². The number of carbonyl (C=O) groups excluding carboxylic acids is 3. The number of allylic oxidation sites excluding steroid dienone is 1. The molecule has 0 aliphatic heterocycles. The molecule has 3 aromatic carbocycles. The number of rotatable bonds is 12. The lowest BCUT2D eigenvalue weighted by Crippen LogP contribution is -2.35. The summed E-state index contributed by atoms with van der Waals surface area (Å²) in [5, 5.41) is 14.3. The van der Waals surface area contributed by atoms with E-state index in [-0.39, 0.29) is 19.1 Å². The number of para-hydroxylation sites is 3. The van der Waals surface area contributed by atoms with E-state index in [2.05, 4.69) is 10.6 Å². The molecule has 3 amide bonds. The molecule has 0 saturated carbocycles. The lowest BCUT2D eigenvalue weighted by atomic mass is 9.78. The number of ether oxygens (including phenoxy) is 2. The summed E-state index contributed by atoms with van der Waals surface area (Å²) in [4.78, 5) is 37.8. The normalized spacial score (nSPS) is 12.0. The second-order valence-electron chi connectivity index (χ2n) is 9.72. The van der Waals surface area contributed by atoms with Gasteiger partial charge in [0.1, 0.15) is 18.5 Å². The largest absolute Gasteiger partial charge is 0.491 e. The molecule has 210 valence electrons. The topological polar surface area (TPSA) is 140 Å². The number of hydrogen-bond donors (Lipinski definition) is 4. The Morgan fingerprint density at radius 1 is 0.975 bits per heavy atom. The summed E-state index contributed by atoms with van der Waals surface area (Å²) in [5.41, 5.74) is 7.14. The predicted octanol–water partition coefficient (Wildman–Crippen LogP) is 5.25. The molecule has 0 spiro atoms. The van der Waals surface area contributed by atoms with E-state index in [4.69, 9.17) is 15.2 Å². The number of hydrogen-bond acceptors (Lipinski definition) is 7. The van der Waals surface area contributed by atoms with Gasteiger partial charge in [0.15, 0.2) is 0 Å². The molecule has 0 bridgehead atoms. The maximum absolute atomic E-state index is 12.9. The van der Waals surface area contributed by atoms with Gasteiger partial charge in [0.05, 0.1) is 18.0 Å². The first-order valence-corrected chi connectivity index (χ1v) is 12.9. The molecule has 3 rings (SSSR count). The monoisotopic (exact) mass is 545 g/mol. The van der Waals surface area contributed by atoms with Crippen molar-refractivity contribution >= 4 is 29.3 Å². The van der Waals surface area contributed by atoms with Crippen molar-refractivity contribution in [1.82, 2.24) is 5.32 Å². The maximum Gasteiger partial charge on any atom is 0.414 e. The molecule has 0 saturated heterocycles. The van der Waals surface area contributed by atoms with Crippen molar-refractivity contribution in [2.24, 2.45) is 5.41 Å². The van der Waals surface area contributed by atoms with Crippen LogP contribution >= 0.6 is 0 Å². The van der Waals surface area contributed by atoms with E-state index in [0.717, 1.165) is 0 Å². The Morgan fingerprint density at radius 2 is 1.65 bits per heavy atom. The predicted molar refractivity (Wildman–Crippen MR) is 154 cm³/mol. The fraction of sp³-hybridized carbons (Fsp3) is 0.258. The summed E-state index contributed by atoms with van der Waals surface area (Å²) in [5.74, 6) is -0.447. The highest BCUT2D eigenvalue weighted by Crippen LogP contribution is 2.43. The summed E-state index contributed by atoms with van der Waals surface area (Å²) in [6, 6.07) is 22.4. The Morgan fingerprint density at radius 3 is 2.38 bits per heavy atom. The van der Waals surface area contributed by atoms with Gasteiger partial charge in [-0.15, -0.1) is 0 Å². The van der Waals surface area contributed by atoms with Gasteiger partial charge in [0.2, 0.25) is 5.91 Å². The van der Waals surface area contributed by atoms with Crippen molar-refractivity contribution < 1.29 is 29.0 Å². The van der Waals surface area contributed by atoms with Crippen LogP contribution in [0.15, 0.2) is 91.0 Å². The standard InChI is InChI=1S/C31H35N3O6/c1-31(2,19-11-10-18-27(36)33-25-16-8-7-15-24(25)32)28(23-14-6-9-17-26(23)39-21-20-35)40-30(38)34-29(37)22-12-4-3-5-13-22/h3-10,12-18,28,35H,11,19-21,32H2,1-2H3,(H,33,36)(H,34,37,38)/b18-10+/t28-/m1/s1. The number of carbonyl (C=O) groups is 3. The number of imide groups is 1. The highest BCUT2D eigenvalue weighted by atomic mass is 16.6. The van der Waals surface area contributed by atoms with E-state index < -0.39 is 23.5 Å². The first kappa shape index (κ1) is 29.9. The van der Waals surface area contributed by atoms with Crippen LogP contribution < -0.4 is 21.1 Å². The van der Waals surface area contributed by atoms with Crippen LogP contribution in [0.25, 0.3) is 0 Å². The third-order valence-electron chi connectivity index (χ3n) is 6.18. The first-order valence-electron chi connectivity index (χ1n) is 12.9. The summed E-state index contributed by atoms with van der Waals surface area (Å²) in [6.45, 7) is 3.72. The summed E-state index contributed by atoms with van der Waals surface area (Å²) in [6.07, 6.45) is 2.46. The maximum atomic E-state index is 12.9. The zero-order valence-corrected chi connectivity index (χ0v) is 22.6. The van der Waals surface area contributed by atoms with Crippen molar-refractivity contribution in [3.05, 3.63) is 102 Å². The average molecular weight is 546 g/mol. The lowest BCUT2D eigenvalue weighted by molar-refractivity contribution is -0.111. The second-order valence-corrected chi connectivity index (χ2v) is 9.72. The van der Waals surface area contributed by atoms with Crippen LogP contribution in [0.5, 0.6) is 5.75 Å². The van der Waals surface area contributed by atoms with Crippen LogP contribution in [0.4, 0.5) is 16.2 Å². The number of amides is 3. The fourth-order valence-electron chi connectivity index (χ4n) is 4.08. The molecular weight excluding hydrogens is 510 g/mol. The molecule has 40 heavy (non-hydrogen) atoms. The molecule has 9 heteroatoms. The van der Waals surface area contributed by atoms with Gasteiger partial charge in [0.25, 0.3) is 5.91 Å². The smallest absolute Gasteiger partial charge is 0.414 e. The lowest BCUT2D eigenvalue weighted by Gasteiger charge is -2.34. The van der Waals surface area contributed by atoms with Gasteiger partial charge in [0, 0.05) is 16.5 Å². The highest BCUT2D eigenvalue weighted by molar-refractivity contribution is 6.03. The SMILES string of the molecule is CC(C)(CC/C=C/C(=O)Nc1ccccc1N)[C@H](OC(=O)NC(=O)c1ccccc1)c1ccccc1OCCO. The molecule has 0 fully saturated rings. The Balaban J connectivity index is 1.74. The molecule has 0 heterocycles. The number of nitrogens with one attached hydrogen (secondary N) is 2. The number of nitrogens with two attached hydrogens (primary N) is 1. The van der Waals surface area contributed by atoms with E-state index in [1.165, 1.54) is 6.08 Å². The Kier molecular flexibility index (Phi) is 10.8. The van der Waals surface area contributed by atoms with Gasteiger partial charge in [-0.05, 0) is 49.2 Å². The van der Waals surface area contributed by atoms with Crippen molar-refractivity contribution in [2.45, 2.75) is 32.8 Å². The van der Waals surface area contributed by atoms with Gasteiger partial charge in [-0.25, -0.2) is 4.79 Å². The van der Waals surface area contributed by atoms with Crippen molar-refractivity contribution in [1.29, 1.82) is 0 Å². The molecule has 0 radical (unpaired) electrons. The third kappa shape index (κ3) is 8.71. The van der Waals surface area contributed by atoms with Crippen molar-refractivity contribution in [3.8, 4) is 5.75 Å². The number of nitrogen functional groups attached to an aromatic ring is 1. The minimum atomic E-state index is -0.903. The average Bonchev–Trinajstić information content (AvgIpc) is 2.95. The highest BCUT2D eigenvalue weighted by Gasteiger charge is 2.36. The van der Waals surface area contributed by atoms with E-state index >= 15 is 0 Å². The molecule has 0 aromatic heterocycles. The molecule has 1 atom stereocenters. The van der Waals surface area contributed by atoms with Crippen LogP contribution in [0.2, 0.25) is 0 Å². The van der Waals surface area contributed by atoms with Crippen molar-refractivity contribution in [2.75, 3.05) is 24.3 Å². The Hall–Kier alpha value is -4.63. The van der Waals surface area contributed by atoms with Crippen LogP contribution in [-0.2, 0) is 9.53 Å². The quantitative estimate of drug-likeness (QED) is 0.180. The minimum Gasteiger partial charge on any atom is -0.491 e. The van der Waals surface area contributed by atoms with Gasteiger partial charge in [-0.2, -0.15) is 0 Å². The van der Waals surface area contributed by atoms with Gasteiger partial charge < -0.3 is 25.6 Å². The Bertz CT molecular complexity index is 1320. The van der Waals surface area contributed by atoms with Crippen molar-refractivity contribution in [3.63, 3.8) is 0 Å². The fourth-order valence-corrected chi connectivity index (χ4v) is 4.08. The molecule has 0 aliphatic rings. The molecule has 9 nitrogen and oxygen atoms in total. The van der Waals surface area contributed by atoms with E-state index in [1.807, 2.05) is 13.8 Å². The molecule has 5 N–H and O–H groups in total. The zero-order chi connectivity index (χ0) is 29.0. The summed E-state index contributed by atoms with van der Waals surface area (Å²) >= 11 is 0. The molecular formula is C31H35N3O6. The van der Waals surface area contributed by atoms with E-state index in [9.17, 15) is 19.5 Å². The number of aliphatic hydroxyl groups excluding tert-OH is 1. The number of anilines is 2. The molecule has 3 aromatic rings. The number of benzene rings is 3. The van der Waals surface area contributed by atoms with Crippen LogP contribution in [-0.4, -0.2) is 36.2 Å². The van der Waals surface area contributed by atoms with E-state index in [0.29, 0.717) is 41.1 Å². The minimum absolute atomic E-state index is 0.0621. The molecule has 0 aliphatic carbocycles. The van der Waals surface area contributed by atoms with Crippen LogP contribution in [0.3, 0.4) is 0 Å². The number of aliphatic hydroxyl groups is 1. The first-order chi connectivity index (χ1) is 19.2. The van der Waals surface area contributed by atoms with Gasteiger partial charge in [-0.1, -0.05) is 68.5 Å². The summed E-state index contributed by atoms with van der Waals surface area (Å²) < 4.78 is 11.6.